The number of hydrogen-bond acceptors (Lipinski definition) is 5. The molecule has 8 heteroatoms. The molecule has 7 nitrogen and oxygen atoms in total. The molecule has 1 aromatic carbocycles. The number of aromatic nitrogens is 2. The lowest BCUT2D eigenvalue weighted by Crippen LogP contribution is -2.44. The molecule has 1 atom stereocenters. The third-order valence-electron chi connectivity index (χ3n) is 4.35. The molecule has 1 unspecified atom stereocenters. The van der Waals surface area contributed by atoms with Crippen molar-refractivity contribution >= 4 is 11.9 Å². The number of carbonyl (C=O) groups excluding carboxylic acids is 1. The summed E-state index contributed by atoms with van der Waals surface area (Å²) >= 11 is 0. The lowest BCUT2D eigenvalue weighted by Gasteiger charge is -2.26. The number of carboxylic acid groups (broad SMARTS) is 1. The number of amides is 1. The van der Waals surface area contributed by atoms with Gasteiger partial charge in [0.2, 0.25) is 17.6 Å². The first kappa shape index (κ1) is 18.0. The zero-order valence-corrected chi connectivity index (χ0v) is 14.4. The normalized spacial score (nSPS) is 14.8. The summed E-state index contributed by atoms with van der Waals surface area (Å²) < 4.78 is 18.1. The molecule has 1 saturated carbocycles. The Balaban J connectivity index is 1.54. The molecular weight excluding hydrogens is 341 g/mol. The second-order valence-corrected chi connectivity index (χ2v) is 6.42. The van der Waals surface area contributed by atoms with Crippen LogP contribution in [0.15, 0.2) is 28.8 Å². The lowest BCUT2D eigenvalue weighted by molar-refractivity contribution is -0.150. The van der Waals surface area contributed by atoms with Gasteiger partial charge in [-0.25, -0.2) is 9.18 Å². The van der Waals surface area contributed by atoms with E-state index in [0.29, 0.717) is 30.1 Å². The quantitative estimate of drug-likeness (QED) is 0.776. The molecule has 26 heavy (non-hydrogen) atoms. The second-order valence-electron chi connectivity index (χ2n) is 6.42. The lowest BCUT2D eigenvalue weighted by atomic mass is 10.2. The van der Waals surface area contributed by atoms with Gasteiger partial charge in [0.25, 0.3) is 0 Å². The molecule has 3 rings (SSSR count). The second kappa shape index (κ2) is 7.63. The van der Waals surface area contributed by atoms with E-state index in [2.05, 4.69) is 10.1 Å². The number of aryl methyl sites for hydroxylation is 1. The van der Waals surface area contributed by atoms with Crippen LogP contribution < -0.4 is 0 Å². The van der Waals surface area contributed by atoms with Crippen molar-refractivity contribution in [3.8, 4) is 11.4 Å². The van der Waals surface area contributed by atoms with E-state index in [1.54, 1.807) is 12.1 Å². The van der Waals surface area contributed by atoms with E-state index in [1.165, 1.54) is 24.0 Å². The number of rotatable bonds is 8. The minimum atomic E-state index is -0.994. The third kappa shape index (κ3) is 4.25. The van der Waals surface area contributed by atoms with E-state index < -0.39 is 12.0 Å². The van der Waals surface area contributed by atoms with Crippen LogP contribution in [0.3, 0.4) is 0 Å². The van der Waals surface area contributed by atoms with Crippen LogP contribution in [-0.4, -0.2) is 44.1 Å². The first-order valence-corrected chi connectivity index (χ1v) is 8.58. The average molecular weight is 361 g/mol. The van der Waals surface area contributed by atoms with Gasteiger partial charge in [0.15, 0.2) is 0 Å². The number of benzene rings is 1. The van der Waals surface area contributed by atoms with Crippen LogP contribution in [0, 0.1) is 5.82 Å². The Morgan fingerprint density at radius 2 is 2.04 bits per heavy atom. The molecule has 2 aromatic rings. The maximum absolute atomic E-state index is 12.9. The van der Waals surface area contributed by atoms with E-state index in [1.807, 2.05) is 0 Å². The Hall–Kier alpha value is -2.77. The zero-order valence-electron chi connectivity index (χ0n) is 14.4. The Labute approximate surface area is 149 Å². The molecule has 1 aliphatic carbocycles. The minimum Gasteiger partial charge on any atom is -0.480 e. The number of carboxylic acids is 1. The maximum Gasteiger partial charge on any atom is 0.326 e. The number of nitrogens with zero attached hydrogens (tertiary/aromatic N) is 3. The van der Waals surface area contributed by atoms with Gasteiger partial charge in [-0.15, -0.1) is 0 Å². The highest BCUT2D eigenvalue weighted by Gasteiger charge is 2.37. The highest BCUT2D eigenvalue weighted by molar-refractivity contribution is 5.84. The smallest absolute Gasteiger partial charge is 0.326 e. The van der Waals surface area contributed by atoms with Crippen molar-refractivity contribution in [3.63, 3.8) is 0 Å². The number of aliphatic carboxylic acids is 1. The number of carbonyl (C=O) groups is 2. The molecule has 1 aromatic heterocycles. The summed E-state index contributed by atoms with van der Waals surface area (Å²) in [5.74, 6) is -0.745. The molecule has 0 saturated heterocycles. The van der Waals surface area contributed by atoms with Crippen LogP contribution in [-0.2, 0) is 16.0 Å². The minimum absolute atomic E-state index is 0.0436. The van der Waals surface area contributed by atoms with Crippen molar-refractivity contribution in [3.05, 3.63) is 36.0 Å². The van der Waals surface area contributed by atoms with Crippen molar-refractivity contribution in [2.75, 3.05) is 0 Å². The predicted octanol–water partition coefficient (Wildman–Crippen LogP) is 2.66. The van der Waals surface area contributed by atoms with Crippen LogP contribution in [0.5, 0.6) is 0 Å². The summed E-state index contributed by atoms with van der Waals surface area (Å²) in [4.78, 5) is 29.3. The van der Waals surface area contributed by atoms with Crippen molar-refractivity contribution in [2.45, 2.75) is 51.1 Å². The van der Waals surface area contributed by atoms with Crippen molar-refractivity contribution < 1.29 is 23.6 Å². The maximum atomic E-state index is 12.9. The van der Waals surface area contributed by atoms with Gasteiger partial charge < -0.3 is 14.5 Å². The Morgan fingerprint density at radius 3 is 2.65 bits per heavy atom. The van der Waals surface area contributed by atoms with E-state index in [-0.39, 0.29) is 24.2 Å². The molecular formula is C18H20FN3O4. The van der Waals surface area contributed by atoms with Crippen molar-refractivity contribution in [1.29, 1.82) is 0 Å². The standard InChI is InChI=1S/C18H20FN3O4/c1-11(18(24)25)22(14-9-10-14)16(23)4-2-3-15-20-17(21-26-15)12-5-7-13(19)8-6-12/h5-8,11,14H,2-4,9-10H2,1H3,(H,24,25). The Kier molecular flexibility index (Phi) is 5.29. The van der Waals surface area contributed by atoms with Crippen molar-refractivity contribution in [1.82, 2.24) is 15.0 Å². The van der Waals surface area contributed by atoms with Crippen LogP contribution in [0.2, 0.25) is 0 Å². The molecule has 138 valence electrons. The molecule has 1 aliphatic rings. The summed E-state index contributed by atoms with van der Waals surface area (Å²) in [6.07, 6.45) is 2.84. The predicted molar refractivity (Wildman–Crippen MR) is 89.6 cm³/mol. The molecule has 1 N–H and O–H groups in total. The van der Waals surface area contributed by atoms with Gasteiger partial charge in [-0.05, 0) is 50.5 Å². The number of hydrogen-bond donors (Lipinski definition) is 1. The Bertz CT molecular complexity index is 786. The highest BCUT2D eigenvalue weighted by atomic mass is 19.1. The van der Waals surface area contributed by atoms with Gasteiger partial charge in [0.05, 0.1) is 0 Å². The van der Waals surface area contributed by atoms with Gasteiger partial charge in [0.1, 0.15) is 11.9 Å². The fourth-order valence-electron chi connectivity index (χ4n) is 2.80. The molecule has 0 spiro atoms. The summed E-state index contributed by atoms with van der Waals surface area (Å²) in [5.41, 5.74) is 0.646. The van der Waals surface area contributed by atoms with E-state index in [4.69, 9.17) is 9.63 Å². The van der Waals surface area contributed by atoms with Gasteiger partial charge in [0, 0.05) is 24.4 Å². The van der Waals surface area contributed by atoms with Gasteiger partial charge in [-0.2, -0.15) is 4.98 Å². The fourth-order valence-corrected chi connectivity index (χ4v) is 2.80. The first-order valence-electron chi connectivity index (χ1n) is 8.58. The van der Waals surface area contributed by atoms with E-state index >= 15 is 0 Å². The van der Waals surface area contributed by atoms with E-state index in [9.17, 15) is 14.0 Å². The largest absolute Gasteiger partial charge is 0.480 e. The SMILES string of the molecule is CC(C(=O)O)N(C(=O)CCCc1nc(-c2ccc(F)cc2)no1)C1CC1. The average Bonchev–Trinajstić information content (AvgIpc) is 3.33. The van der Waals surface area contributed by atoms with E-state index in [0.717, 1.165) is 12.8 Å². The molecule has 0 bridgehead atoms. The summed E-state index contributed by atoms with van der Waals surface area (Å²) in [5, 5.41) is 13.0. The highest BCUT2D eigenvalue weighted by Crippen LogP contribution is 2.29. The Morgan fingerprint density at radius 1 is 1.35 bits per heavy atom. The fraction of sp³-hybridized carbons (Fsp3) is 0.444. The zero-order chi connectivity index (χ0) is 18.7. The summed E-state index contributed by atoms with van der Waals surface area (Å²) in [6.45, 7) is 1.53. The van der Waals surface area contributed by atoms with Gasteiger partial charge in [-0.1, -0.05) is 5.16 Å². The van der Waals surface area contributed by atoms with Crippen molar-refractivity contribution in [2.24, 2.45) is 0 Å². The molecule has 1 amide bonds. The molecule has 1 heterocycles. The number of halogens is 1. The molecule has 1 fully saturated rings. The van der Waals surface area contributed by atoms with Crippen LogP contribution >= 0.6 is 0 Å². The van der Waals surface area contributed by atoms with Gasteiger partial charge >= 0.3 is 5.97 Å². The monoisotopic (exact) mass is 361 g/mol. The molecule has 0 aliphatic heterocycles. The summed E-state index contributed by atoms with van der Waals surface area (Å²) in [6, 6.07) is 4.99. The van der Waals surface area contributed by atoms with Gasteiger partial charge in [-0.3, -0.25) is 4.79 Å². The summed E-state index contributed by atoms with van der Waals surface area (Å²) in [7, 11) is 0. The molecule has 0 radical (unpaired) electrons. The third-order valence-corrected chi connectivity index (χ3v) is 4.35. The van der Waals surface area contributed by atoms with Crippen LogP contribution in [0.4, 0.5) is 4.39 Å². The van der Waals surface area contributed by atoms with Crippen LogP contribution in [0.25, 0.3) is 11.4 Å². The first-order chi connectivity index (χ1) is 12.5. The topological polar surface area (TPSA) is 96.5 Å². The van der Waals surface area contributed by atoms with Crippen LogP contribution in [0.1, 0.15) is 38.5 Å².